The first kappa shape index (κ1) is 15.1. The quantitative estimate of drug-likeness (QED) is 0.894. The Balaban J connectivity index is 2.03. The average Bonchev–Trinajstić information content (AvgIpc) is 2.47. The summed E-state index contributed by atoms with van der Waals surface area (Å²) in [6.45, 7) is 10.3. The molecule has 1 aliphatic carbocycles. The van der Waals surface area contributed by atoms with Crippen LogP contribution >= 0.6 is 0 Å². The maximum absolute atomic E-state index is 6.38. The van der Waals surface area contributed by atoms with E-state index in [1.165, 1.54) is 49.9 Å². The highest BCUT2D eigenvalue weighted by molar-refractivity contribution is 5.39. The molecule has 1 aliphatic heterocycles. The number of hydrogen-bond donors (Lipinski definition) is 1. The summed E-state index contributed by atoms with van der Waals surface area (Å²) >= 11 is 0. The second kappa shape index (κ2) is 5.40. The molecule has 21 heavy (non-hydrogen) atoms. The SMILES string of the molecule is CC1CCC(CN)(N2CCCC(C)(C)C2)c2ccccc21. The second-order valence-electron chi connectivity index (χ2n) is 7.95. The summed E-state index contributed by atoms with van der Waals surface area (Å²) in [4.78, 5) is 2.71. The van der Waals surface area contributed by atoms with E-state index in [0.29, 0.717) is 11.3 Å². The third kappa shape index (κ3) is 2.53. The molecule has 0 bridgehead atoms. The third-order valence-corrected chi connectivity index (χ3v) is 5.83. The molecule has 2 atom stereocenters. The fourth-order valence-electron chi connectivity index (χ4n) is 4.55. The Hall–Kier alpha value is -0.860. The van der Waals surface area contributed by atoms with E-state index in [1.54, 1.807) is 0 Å². The molecule has 2 unspecified atom stereocenters. The van der Waals surface area contributed by atoms with Crippen molar-refractivity contribution in [2.75, 3.05) is 19.6 Å². The van der Waals surface area contributed by atoms with Gasteiger partial charge in [-0.3, -0.25) is 4.90 Å². The van der Waals surface area contributed by atoms with Gasteiger partial charge >= 0.3 is 0 Å². The van der Waals surface area contributed by atoms with Crippen LogP contribution in [0.2, 0.25) is 0 Å². The van der Waals surface area contributed by atoms with Gasteiger partial charge in [0.1, 0.15) is 0 Å². The Morgan fingerprint density at radius 3 is 2.71 bits per heavy atom. The Bertz CT molecular complexity index is 508. The van der Waals surface area contributed by atoms with Crippen molar-refractivity contribution in [3.8, 4) is 0 Å². The first-order valence-electron chi connectivity index (χ1n) is 8.53. The molecule has 2 nitrogen and oxygen atoms in total. The molecule has 0 saturated carbocycles. The molecule has 1 heterocycles. The van der Waals surface area contributed by atoms with Crippen LogP contribution < -0.4 is 5.73 Å². The van der Waals surface area contributed by atoms with E-state index in [9.17, 15) is 0 Å². The van der Waals surface area contributed by atoms with Crippen LogP contribution in [-0.2, 0) is 5.54 Å². The van der Waals surface area contributed by atoms with Crippen LogP contribution in [-0.4, -0.2) is 24.5 Å². The van der Waals surface area contributed by atoms with E-state index >= 15 is 0 Å². The standard InChI is InChI=1S/C19H30N2/c1-15-9-11-19(13-20,17-8-5-4-7-16(15)17)21-12-6-10-18(2,3)14-21/h4-5,7-8,15H,6,9-14,20H2,1-3H3. The molecule has 116 valence electrons. The van der Waals surface area contributed by atoms with Crippen molar-refractivity contribution in [3.63, 3.8) is 0 Å². The average molecular weight is 286 g/mol. The lowest BCUT2D eigenvalue weighted by Gasteiger charge is -2.52. The number of nitrogens with zero attached hydrogens (tertiary/aromatic N) is 1. The molecule has 0 amide bonds. The van der Waals surface area contributed by atoms with Crippen molar-refractivity contribution in [3.05, 3.63) is 35.4 Å². The van der Waals surface area contributed by atoms with E-state index < -0.39 is 0 Å². The van der Waals surface area contributed by atoms with Gasteiger partial charge in [-0.1, -0.05) is 45.0 Å². The first-order valence-corrected chi connectivity index (χ1v) is 8.53. The number of nitrogens with two attached hydrogens (primary N) is 1. The van der Waals surface area contributed by atoms with E-state index in [4.69, 9.17) is 5.73 Å². The number of benzene rings is 1. The van der Waals surface area contributed by atoms with Crippen LogP contribution in [0.1, 0.15) is 63.5 Å². The van der Waals surface area contributed by atoms with Gasteiger partial charge in [-0.15, -0.1) is 0 Å². The van der Waals surface area contributed by atoms with Crippen molar-refractivity contribution >= 4 is 0 Å². The largest absolute Gasteiger partial charge is 0.328 e. The lowest BCUT2D eigenvalue weighted by Crippen LogP contribution is -2.57. The highest BCUT2D eigenvalue weighted by Gasteiger charge is 2.44. The van der Waals surface area contributed by atoms with Crippen LogP contribution in [0, 0.1) is 5.41 Å². The van der Waals surface area contributed by atoms with Gasteiger partial charge in [0.2, 0.25) is 0 Å². The molecule has 1 aromatic rings. The summed E-state index contributed by atoms with van der Waals surface area (Å²) in [5.74, 6) is 0.665. The zero-order valence-corrected chi connectivity index (χ0v) is 13.9. The van der Waals surface area contributed by atoms with Gasteiger partial charge in [-0.2, -0.15) is 0 Å². The van der Waals surface area contributed by atoms with Crippen molar-refractivity contribution < 1.29 is 0 Å². The van der Waals surface area contributed by atoms with Gasteiger partial charge in [0.15, 0.2) is 0 Å². The minimum Gasteiger partial charge on any atom is -0.328 e. The molecule has 1 aromatic carbocycles. The molecular formula is C19H30N2. The lowest BCUT2D eigenvalue weighted by molar-refractivity contribution is 0.00339. The van der Waals surface area contributed by atoms with E-state index in [2.05, 4.69) is 49.9 Å². The van der Waals surface area contributed by atoms with Crippen molar-refractivity contribution in [1.82, 2.24) is 4.90 Å². The number of fused-ring (bicyclic) bond motifs is 1. The highest BCUT2D eigenvalue weighted by atomic mass is 15.2. The Morgan fingerprint density at radius 1 is 1.24 bits per heavy atom. The molecule has 0 radical (unpaired) electrons. The highest BCUT2D eigenvalue weighted by Crippen LogP contribution is 2.46. The number of piperidine rings is 1. The van der Waals surface area contributed by atoms with E-state index in [1.807, 2.05) is 0 Å². The fourth-order valence-corrected chi connectivity index (χ4v) is 4.55. The third-order valence-electron chi connectivity index (χ3n) is 5.83. The summed E-state index contributed by atoms with van der Waals surface area (Å²) in [5, 5.41) is 0. The zero-order valence-electron chi connectivity index (χ0n) is 13.9. The molecule has 2 aliphatic rings. The number of hydrogen-bond acceptors (Lipinski definition) is 2. The number of rotatable bonds is 2. The van der Waals surface area contributed by atoms with Gasteiger partial charge < -0.3 is 5.73 Å². The van der Waals surface area contributed by atoms with Gasteiger partial charge in [-0.05, 0) is 54.7 Å². The van der Waals surface area contributed by atoms with E-state index in [0.717, 1.165) is 6.54 Å². The van der Waals surface area contributed by atoms with Crippen LogP contribution in [0.15, 0.2) is 24.3 Å². The van der Waals surface area contributed by atoms with Crippen LogP contribution in [0.5, 0.6) is 0 Å². The summed E-state index contributed by atoms with van der Waals surface area (Å²) in [7, 11) is 0. The molecule has 2 heteroatoms. The maximum atomic E-state index is 6.38. The van der Waals surface area contributed by atoms with E-state index in [-0.39, 0.29) is 5.54 Å². The predicted octanol–water partition coefficient (Wildman–Crippen LogP) is 3.86. The number of likely N-dealkylation sites (tertiary alicyclic amines) is 1. The molecule has 0 spiro atoms. The van der Waals surface area contributed by atoms with Gasteiger partial charge in [-0.25, -0.2) is 0 Å². The van der Waals surface area contributed by atoms with Gasteiger partial charge in [0.25, 0.3) is 0 Å². The van der Waals surface area contributed by atoms with Gasteiger partial charge in [0, 0.05) is 13.1 Å². The first-order chi connectivity index (χ1) is 9.98. The molecular weight excluding hydrogens is 256 g/mol. The normalized spacial score (nSPS) is 32.7. The lowest BCUT2D eigenvalue weighted by atomic mass is 9.69. The van der Waals surface area contributed by atoms with Crippen LogP contribution in [0.4, 0.5) is 0 Å². The van der Waals surface area contributed by atoms with Crippen molar-refractivity contribution in [2.24, 2.45) is 11.1 Å². The summed E-state index contributed by atoms with van der Waals surface area (Å²) < 4.78 is 0. The Labute approximate surface area is 129 Å². The maximum Gasteiger partial charge on any atom is 0.0586 e. The molecule has 1 fully saturated rings. The molecule has 3 rings (SSSR count). The van der Waals surface area contributed by atoms with Crippen molar-refractivity contribution in [1.29, 1.82) is 0 Å². The summed E-state index contributed by atoms with van der Waals surface area (Å²) in [6.07, 6.45) is 5.09. The van der Waals surface area contributed by atoms with Crippen LogP contribution in [0.25, 0.3) is 0 Å². The Kier molecular flexibility index (Phi) is 3.87. The molecule has 1 saturated heterocycles. The Morgan fingerprint density at radius 2 is 2.00 bits per heavy atom. The molecule has 0 aromatic heterocycles. The minimum absolute atomic E-state index is 0.0702. The fraction of sp³-hybridized carbons (Fsp3) is 0.684. The zero-order chi connectivity index (χ0) is 15.1. The molecule has 2 N–H and O–H groups in total. The van der Waals surface area contributed by atoms with Crippen LogP contribution in [0.3, 0.4) is 0 Å². The predicted molar refractivity (Wildman–Crippen MR) is 89.4 cm³/mol. The second-order valence-corrected chi connectivity index (χ2v) is 7.95. The summed E-state index contributed by atoms with van der Waals surface area (Å²) in [6, 6.07) is 9.02. The smallest absolute Gasteiger partial charge is 0.0586 e. The topological polar surface area (TPSA) is 29.3 Å². The monoisotopic (exact) mass is 286 g/mol. The summed E-state index contributed by atoms with van der Waals surface area (Å²) in [5.41, 5.74) is 9.89. The van der Waals surface area contributed by atoms with Gasteiger partial charge in [0.05, 0.1) is 5.54 Å². The minimum atomic E-state index is 0.0702. The van der Waals surface area contributed by atoms with Crippen molar-refractivity contribution in [2.45, 2.75) is 57.9 Å².